The quantitative estimate of drug-likeness (QED) is 0.506. The van der Waals surface area contributed by atoms with Gasteiger partial charge in [0.1, 0.15) is 0 Å². The zero-order valence-corrected chi connectivity index (χ0v) is 17.6. The number of phenols is 1. The number of aliphatic hydroxyl groups excluding tert-OH is 1. The summed E-state index contributed by atoms with van der Waals surface area (Å²) in [6, 6.07) is 5.94. The molecule has 4 rings (SSSR count). The molecule has 9 heteroatoms. The number of pyridine rings is 1. The predicted octanol–water partition coefficient (Wildman–Crippen LogP) is 2.25. The molecule has 3 N–H and O–H groups in total. The van der Waals surface area contributed by atoms with Crippen LogP contribution in [0, 0.1) is 0 Å². The third-order valence-electron chi connectivity index (χ3n) is 5.29. The van der Waals surface area contributed by atoms with Crippen molar-refractivity contribution in [3.05, 3.63) is 36.7 Å². The van der Waals surface area contributed by atoms with E-state index in [4.69, 9.17) is 0 Å². The first kappa shape index (κ1) is 19.7. The molecule has 152 valence electrons. The first-order valence-electron chi connectivity index (χ1n) is 9.43. The van der Waals surface area contributed by atoms with Crippen LogP contribution >= 0.6 is 0 Å². The van der Waals surface area contributed by atoms with E-state index in [0.29, 0.717) is 22.5 Å². The Bertz CT molecular complexity index is 1170. The monoisotopic (exact) mass is 462 g/mol. The average Bonchev–Trinajstić information content (AvgIpc) is 2.69. The zero-order valence-electron chi connectivity index (χ0n) is 15.9. The molecule has 0 bridgehead atoms. The molecule has 0 amide bonds. The SMILES string of the molecule is C[Se](=O)(=O)c1ccc(-c2nnc(N[C@@H]3CCCC[C@H]3O)c3ccncc23)c(O)c1. The van der Waals surface area contributed by atoms with Gasteiger partial charge in [0, 0.05) is 0 Å². The molecular formula is C20H22N4O4Se. The summed E-state index contributed by atoms with van der Waals surface area (Å²) < 4.78 is 23.7. The Morgan fingerprint density at radius 3 is 2.62 bits per heavy atom. The van der Waals surface area contributed by atoms with Crippen molar-refractivity contribution in [2.24, 2.45) is 0 Å². The molecule has 2 heterocycles. The number of anilines is 1. The van der Waals surface area contributed by atoms with Gasteiger partial charge in [-0.2, -0.15) is 0 Å². The van der Waals surface area contributed by atoms with Crippen LogP contribution in [0.25, 0.3) is 22.0 Å². The van der Waals surface area contributed by atoms with Crippen molar-refractivity contribution in [2.45, 2.75) is 43.7 Å². The van der Waals surface area contributed by atoms with E-state index in [1.807, 2.05) is 0 Å². The van der Waals surface area contributed by atoms with E-state index >= 15 is 0 Å². The number of nitrogens with one attached hydrogen (secondary N) is 1. The molecule has 3 aromatic rings. The van der Waals surface area contributed by atoms with Gasteiger partial charge in [0.25, 0.3) is 0 Å². The molecule has 0 radical (unpaired) electrons. The number of phenolic OH excluding ortho intramolecular Hbond substituents is 1. The summed E-state index contributed by atoms with van der Waals surface area (Å²) in [5.41, 5.74) is 0.791. The van der Waals surface area contributed by atoms with Gasteiger partial charge in [-0.1, -0.05) is 6.42 Å². The third kappa shape index (κ3) is 3.94. The Hall–Kier alpha value is -2.61. The maximum absolute atomic E-state index is 11.8. The Labute approximate surface area is 169 Å². The Balaban J connectivity index is 1.78. The van der Waals surface area contributed by atoms with E-state index < -0.39 is 18.8 Å². The van der Waals surface area contributed by atoms with Gasteiger partial charge in [-0.3, -0.25) is 0 Å². The fourth-order valence-corrected chi connectivity index (χ4v) is 5.05. The number of aromatic hydroxyl groups is 1. The van der Waals surface area contributed by atoms with Gasteiger partial charge in [0.05, 0.1) is 0 Å². The minimum absolute atomic E-state index is 0.0923. The van der Waals surface area contributed by atoms with Gasteiger partial charge in [-0.15, -0.1) is 0 Å². The van der Waals surface area contributed by atoms with Gasteiger partial charge in [-0.25, -0.2) is 0 Å². The van der Waals surface area contributed by atoms with Crippen LogP contribution < -0.4 is 9.78 Å². The second kappa shape index (κ2) is 7.66. The fraction of sp³-hybridized carbons (Fsp3) is 0.350. The second-order valence-corrected chi connectivity index (χ2v) is 11.6. The van der Waals surface area contributed by atoms with Crippen LogP contribution in [-0.2, 0) is 7.67 Å². The van der Waals surface area contributed by atoms with Crippen molar-refractivity contribution < 1.29 is 17.9 Å². The molecular weight excluding hydrogens is 439 g/mol. The molecule has 0 saturated heterocycles. The molecule has 29 heavy (non-hydrogen) atoms. The van der Waals surface area contributed by atoms with Crippen LogP contribution in [0.4, 0.5) is 5.82 Å². The van der Waals surface area contributed by atoms with Crippen molar-refractivity contribution in [1.82, 2.24) is 15.2 Å². The van der Waals surface area contributed by atoms with Crippen LogP contribution in [0.1, 0.15) is 25.7 Å². The van der Waals surface area contributed by atoms with E-state index in [2.05, 4.69) is 20.5 Å². The van der Waals surface area contributed by atoms with Crippen LogP contribution in [-0.4, -0.2) is 50.2 Å². The molecule has 1 fully saturated rings. The van der Waals surface area contributed by atoms with Crippen molar-refractivity contribution in [3.8, 4) is 17.0 Å². The van der Waals surface area contributed by atoms with Gasteiger partial charge in [0.15, 0.2) is 0 Å². The Morgan fingerprint density at radius 1 is 1.10 bits per heavy atom. The summed E-state index contributed by atoms with van der Waals surface area (Å²) >= 11 is -4.21. The van der Waals surface area contributed by atoms with Crippen molar-refractivity contribution in [2.75, 3.05) is 5.32 Å². The van der Waals surface area contributed by atoms with Gasteiger partial charge in [0.2, 0.25) is 0 Å². The van der Waals surface area contributed by atoms with E-state index in [1.165, 1.54) is 18.2 Å². The molecule has 2 atom stereocenters. The van der Waals surface area contributed by atoms with E-state index in [9.17, 15) is 17.9 Å². The average molecular weight is 461 g/mol. The molecule has 1 aromatic carbocycles. The number of aliphatic hydroxyl groups is 1. The topological polar surface area (TPSA) is 125 Å². The standard InChI is InChI=1S/C20H22N4O4Se/c1-29(27,28)12-6-7-14(18(26)10-12)19-15-11-21-9-8-13(15)20(24-23-19)22-16-4-2-3-5-17(16)25/h6-11,16-17,25-26H,2-5H2,1H3,(H,22,24)/t16-,17-/m1/s1. The van der Waals surface area contributed by atoms with Gasteiger partial charge in [-0.05, 0) is 0 Å². The third-order valence-corrected chi connectivity index (χ3v) is 7.61. The molecule has 0 aliphatic heterocycles. The van der Waals surface area contributed by atoms with Crippen molar-refractivity contribution in [3.63, 3.8) is 0 Å². The first-order chi connectivity index (χ1) is 13.8. The van der Waals surface area contributed by atoms with Crippen LogP contribution in [0.5, 0.6) is 5.75 Å². The van der Waals surface area contributed by atoms with E-state index in [1.54, 1.807) is 18.5 Å². The normalized spacial score (nSPS) is 19.9. The van der Waals surface area contributed by atoms with Crippen LogP contribution in [0.3, 0.4) is 0 Å². The second-order valence-electron chi connectivity index (χ2n) is 7.37. The molecule has 1 saturated carbocycles. The fourth-order valence-electron chi connectivity index (χ4n) is 3.70. The number of nitrogens with zero attached hydrogens (tertiary/aromatic N) is 3. The van der Waals surface area contributed by atoms with Crippen LogP contribution in [0.15, 0.2) is 36.7 Å². The Kier molecular flexibility index (Phi) is 5.21. The molecule has 1 aliphatic carbocycles. The number of benzene rings is 1. The van der Waals surface area contributed by atoms with Gasteiger partial charge < -0.3 is 0 Å². The summed E-state index contributed by atoms with van der Waals surface area (Å²) in [5, 5.41) is 34.0. The zero-order chi connectivity index (χ0) is 20.6. The number of fused-ring (bicyclic) bond motifs is 1. The first-order valence-corrected chi connectivity index (χ1v) is 13.4. The molecule has 0 unspecified atom stereocenters. The van der Waals surface area contributed by atoms with Gasteiger partial charge >= 0.3 is 163 Å². The molecule has 2 aromatic heterocycles. The maximum atomic E-state index is 11.8. The molecule has 8 nitrogen and oxygen atoms in total. The minimum atomic E-state index is -4.21. The number of rotatable bonds is 4. The summed E-state index contributed by atoms with van der Waals surface area (Å²) in [6.07, 6.45) is 6.51. The van der Waals surface area contributed by atoms with Crippen molar-refractivity contribution in [1.29, 1.82) is 0 Å². The van der Waals surface area contributed by atoms with Crippen LogP contribution in [0.2, 0.25) is 5.82 Å². The Morgan fingerprint density at radius 2 is 1.90 bits per heavy atom. The summed E-state index contributed by atoms with van der Waals surface area (Å²) in [7, 11) is 0. The molecule has 1 aliphatic rings. The van der Waals surface area contributed by atoms with E-state index in [0.717, 1.165) is 36.9 Å². The summed E-state index contributed by atoms with van der Waals surface area (Å²) in [6.45, 7) is 0. The summed E-state index contributed by atoms with van der Waals surface area (Å²) in [4.78, 5) is 4.17. The van der Waals surface area contributed by atoms with E-state index in [-0.39, 0.29) is 16.3 Å². The number of hydrogen-bond acceptors (Lipinski definition) is 8. The predicted molar refractivity (Wildman–Crippen MR) is 109 cm³/mol. The number of hydrogen-bond donors (Lipinski definition) is 3. The molecule has 0 spiro atoms. The summed E-state index contributed by atoms with van der Waals surface area (Å²) in [5.74, 6) is 1.53. The van der Waals surface area contributed by atoms with Crippen molar-refractivity contribution >= 4 is 33.8 Å². The number of aromatic nitrogens is 3.